The van der Waals surface area contributed by atoms with Crippen LogP contribution in [0.3, 0.4) is 0 Å². The molecule has 1 nitrogen and oxygen atoms in total. The van der Waals surface area contributed by atoms with Crippen LogP contribution in [0.25, 0.3) is 0 Å². The smallest absolute Gasteiger partial charge is 0.545 e. The Kier molecular flexibility index (Phi) is 70.3. The zero-order chi connectivity index (χ0) is 2.00. The van der Waals surface area contributed by atoms with Crippen LogP contribution in [-0.2, 0) is 37.5 Å². The molecule has 0 spiro atoms. The van der Waals surface area contributed by atoms with Gasteiger partial charge in [-0.05, 0) is 0 Å². The molecule has 0 heterocycles. The monoisotopic (exact) mass is 203 g/mol. The summed E-state index contributed by atoms with van der Waals surface area (Å²) in [6, 6.07) is 0. The van der Waals surface area contributed by atoms with Crippen molar-refractivity contribution in [2.45, 2.75) is 0 Å². The Morgan fingerprint density at radius 3 is 1.25 bits per heavy atom. The second-order valence-electron chi connectivity index (χ2n) is 0. The number of carbonyl (C=O) groups excluding carboxylic acids is 1. The first-order valence-corrected chi connectivity index (χ1v) is 0.236. The topological polar surface area (TPSA) is 17.1 Å². The Morgan fingerprint density at radius 2 is 1.25 bits per heavy atom. The summed E-state index contributed by atoms with van der Waals surface area (Å²) >= 11 is 0. The minimum Gasteiger partial charge on any atom is -0.545 e. The molecule has 15 valence electrons. The zero-order valence-electron chi connectivity index (χ0n) is 2.56. The van der Waals surface area contributed by atoms with Crippen molar-refractivity contribution in [2.24, 2.45) is 0 Å². The molecular formula is CHORbY. The molecule has 0 aliphatic carbocycles. The van der Waals surface area contributed by atoms with Gasteiger partial charge in [-0.1, -0.05) is 0 Å². The Balaban J connectivity index is -0.00000000500. The number of rotatable bonds is 0. The van der Waals surface area contributed by atoms with Gasteiger partial charge < -0.3 is 4.79 Å². The van der Waals surface area contributed by atoms with E-state index < -0.39 is 0 Å². The Hall–Kier alpha value is 2.58. The number of hydrogen-bond acceptors (Lipinski definition) is 1. The first-order valence-electron chi connectivity index (χ1n) is 0.236. The van der Waals surface area contributed by atoms with Gasteiger partial charge in [0.2, 0.25) is 0 Å². The van der Waals surface area contributed by atoms with Gasteiger partial charge in [0, 0.05) is 32.7 Å². The minimum atomic E-state index is 0. The summed E-state index contributed by atoms with van der Waals surface area (Å²) < 4.78 is 0. The normalized spacial score (nSPS) is 1.00. The third kappa shape index (κ3) is 8.82. The van der Waals surface area contributed by atoms with Crippen molar-refractivity contribution in [1.82, 2.24) is 0 Å². The van der Waals surface area contributed by atoms with Gasteiger partial charge in [0.05, 0.1) is 0 Å². The van der Waals surface area contributed by atoms with Crippen molar-refractivity contribution in [1.29, 1.82) is 0 Å². The molecule has 0 aliphatic heterocycles. The molecule has 0 aliphatic rings. The molecule has 0 unspecified atom stereocenters. The fourth-order valence-electron chi connectivity index (χ4n) is 0. The van der Waals surface area contributed by atoms with E-state index in [2.05, 4.69) is 6.79 Å². The van der Waals surface area contributed by atoms with Crippen LogP contribution in [0.2, 0.25) is 0 Å². The predicted octanol–water partition coefficient (Wildman–Crippen LogP) is -3.27. The van der Waals surface area contributed by atoms with Gasteiger partial charge in [-0.3, -0.25) is 6.79 Å². The van der Waals surface area contributed by atoms with Crippen LogP contribution in [0.15, 0.2) is 0 Å². The molecule has 1 radical (unpaired) electrons. The second-order valence-corrected chi connectivity index (χ2v) is 0. The third-order valence-electron chi connectivity index (χ3n) is 0. The van der Waals surface area contributed by atoms with E-state index >= 15 is 0 Å². The fourth-order valence-corrected chi connectivity index (χ4v) is 0. The Morgan fingerprint density at radius 1 is 1.25 bits per heavy atom. The van der Waals surface area contributed by atoms with E-state index in [1.807, 2.05) is 0 Å². The van der Waals surface area contributed by atoms with E-state index in [-0.39, 0.29) is 90.9 Å². The van der Waals surface area contributed by atoms with Crippen molar-refractivity contribution in [3.05, 3.63) is 0 Å². The van der Waals surface area contributed by atoms with Crippen LogP contribution in [0.1, 0.15) is 0 Å². The van der Waals surface area contributed by atoms with Gasteiger partial charge in [-0.2, -0.15) is 0 Å². The summed E-state index contributed by atoms with van der Waals surface area (Å²) in [5.74, 6) is 0. The van der Waals surface area contributed by atoms with Gasteiger partial charge in [0.25, 0.3) is 0 Å². The standard InChI is InChI=1S/CHO.Rb.Y/c1-2;;/h1H;;/q-1;+1;. The van der Waals surface area contributed by atoms with Crippen molar-refractivity contribution in [3.8, 4) is 0 Å². The molecule has 0 saturated heterocycles. The molecular weight excluding hydrogens is 202 g/mol. The quantitative estimate of drug-likeness (QED) is 0.298. The van der Waals surface area contributed by atoms with Crippen molar-refractivity contribution in [2.75, 3.05) is 0 Å². The molecule has 4 heavy (non-hydrogen) atoms. The maximum absolute atomic E-state index is 7.75. The predicted molar refractivity (Wildman–Crippen MR) is 6.75 cm³/mol. The van der Waals surface area contributed by atoms with Gasteiger partial charge in [0.1, 0.15) is 0 Å². The van der Waals surface area contributed by atoms with E-state index in [0.29, 0.717) is 0 Å². The van der Waals surface area contributed by atoms with Gasteiger partial charge in [-0.15, -0.1) is 0 Å². The summed E-state index contributed by atoms with van der Waals surface area (Å²) in [7, 11) is 0. The average molecular weight is 203 g/mol. The maximum Gasteiger partial charge on any atom is 1.00 e. The van der Waals surface area contributed by atoms with Crippen LogP contribution in [0.4, 0.5) is 0 Å². The summed E-state index contributed by atoms with van der Waals surface area (Å²) in [5.41, 5.74) is 0. The molecule has 0 fully saturated rings. The molecule has 3 heteroatoms. The average Bonchev–Trinajstić information content (AvgIpc) is 1.00. The van der Waals surface area contributed by atoms with Gasteiger partial charge in [-0.25, -0.2) is 0 Å². The van der Waals surface area contributed by atoms with E-state index in [0.717, 1.165) is 0 Å². The molecule has 0 amide bonds. The first kappa shape index (κ1) is 16.0. The van der Waals surface area contributed by atoms with E-state index in [1.165, 1.54) is 0 Å². The summed E-state index contributed by atoms with van der Waals surface area (Å²) in [4.78, 5) is 7.75. The van der Waals surface area contributed by atoms with Crippen LogP contribution < -0.4 is 58.2 Å². The Bertz CT molecular complexity index is 8.00. The maximum atomic E-state index is 7.75. The van der Waals surface area contributed by atoms with Crippen molar-refractivity contribution >= 4 is 6.79 Å². The minimum absolute atomic E-state index is 0. The van der Waals surface area contributed by atoms with E-state index in [1.54, 1.807) is 0 Å². The molecule has 0 aromatic heterocycles. The van der Waals surface area contributed by atoms with Crippen LogP contribution in [0, 0.1) is 0 Å². The second kappa shape index (κ2) is 17.6. The molecule has 0 N–H and O–H groups in total. The number of hydrogen-bond donors (Lipinski definition) is 0. The van der Waals surface area contributed by atoms with E-state index in [4.69, 9.17) is 4.79 Å². The summed E-state index contributed by atoms with van der Waals surface area (Å²) in [6.07, 6.45) is 0. The van der Waals surface area contributed by atoms with Crippen molar-refractivity contribution < 1.29 is 95.7 Å². The largest absolute Gasteiger partial charge is 1.00 e. The molecule has 0 saturated carbocycles. The first-order chi connectivity index (χ1) is 1.00. The van der Waals surface area contributed by atoms with Crippen LogP contribution >= 0.6 is 0 Å². The molecule has 0 aromatic rings. The van der Waals surface area contributed by atoms with Gasteiger partial charge in [0.15, 0.2) is 0 Å². The van der Waals surface area contributed by atoms with Crippen LogP contribution in [-0.4, -0.2) is 6.79 Å². The van der Waals surface area contributed by atoms with Crippen molar-refractivity contribution in [3.63, 3.8) is 0 Å². The SMILES string of the molecule is [CH-]=O.[Rb+].[Y]. The molecule has 0 rings (SSSR count). The molecule has 0 bridgehead atoms. The fraction of sp³-hybridized carbons (Fsp3) is 0. The zero-order valence-corrected chi connectivity index (χ0v) is 10.3. The molecule has 0 aromatic carbocycles. The Labute approximate surface area is 99.6 Å². The van der Waals surface area contributed by atoms with E-state index in [9.17, 15) is 0 Å². The summed E-state index contributed by atoms with van der Waals surface area (Å²) in [6.45, 7) is 3.25. The summed E-state index contributed by atoms with van der Waals surface area (Å²) in [5, 5.41) is 0. The third-order valence-corrected chi connectivity index (χ3v) is 0. The van der Waals surface area contributed by atoms with Crippen LogP contribution in [0.5, 0.6) is 0 Å². The molecule has 0 atom stereocenters. The van der Waals surface area contributed by atoms with Gasteiger partial charge >= 0.3 is 58.2 Å².